The van der Waals surface area contributed by atoms with Gasteiger partial charge in [0.2, 0.25) is 5.95 Å². The number of pyridine rings is 1. The molecule has 0 aliphatic carbocycles. The van der Waals surface area contributed by atoms with Crippen LogP contribution in [0.4, 0.5) is 17.5 Å². The minimum absolute atomic E-state index is 0.0725. The molecule has 2 aromatic heterocycles. The van der Waals surface area contributed by atoms with E-state index in [0.717, 1.165) is 17.7 Å². The van der Waals surface area contributed by atoms with Crippen molar-refractivity contribution in [3.05, 3.63) is 70.4 Å². The number of hydrogen-bond donors (Lipinski definition) is 2. The first-order valence-corrected chi connectivity index (χ1v) is 9.09. The summed E-state index contributed by atoms with van der Waals surface area (Å²) in [5.74, 6) is 1.18. The van der Waals surface area contributed by atoms with Crippen LogP contribution in [0.3, 0.4) is 0 Å². The fourth-order valence-electron chi connectivity index (χ4n) is 2.50. The van der Waals surface area contributed by atoms with Crippen molar-refractivity contribution in [2.45, 2.75) is 32.9 Å². The average molecular weight is 378 g/mol. The third-order valence-corrected chi connectivity index (χ3v) is 4.26. The van der Waals surface area contributed by atoms with Gasteiger partial charge in [-0.05, 0) is 31.0 Å². The lowest BCUT2D eigenvalue weighted by molar-refractivity contribution is -0.384. The summed E-state index contributed by atoms with van der Waals surface area (Å²) in [6, 6.07) is 14.2. The third-order valence-electron chi connectivity index (χ3n) is 4.26. The van der Waals surface area contributed by atoms with Gasteiger partial charge in [-0.3, -0.25) is 15.1 Å². The molecule has 28 heavy (non-hydrogen) atoms. The predicted molar refractivity (Wildman–Crippen MR) is 109 cm³/mol. The Labute approximate surface area is 163 Å². The molecule has 0 saturated carbocycles. The van der Waals surface area contributed by atoms with E-state index >= 15 is 0 Å². The molecule has 3 aromatic rings. The van der Waals surface area contributed by atoms with Gasteiger partial charge in [0.1, 0.15) is 5.82 Å². The molecule has 2 N–H and O–H groups in total. The summed E-state index contributed by atoms with van der Waals surface area (Å²) in [7, 11) is 0. The zero-order valence-electron chi connectivity index (χ0n) is 15.8. The van der Waals surface area contributed by atoms with Gasteiger partial charge in [0.05, 0.1) is 16.3 Å². The highest BCUT2D eigenvalue weighted by Crippen LogP contribution is 2.21. The topological polar surface area (TPSA) is 106 Å². The number of hydrogen-bond acceptors (Lipinski definition) is 7. The van der Waals surface area contributed by atoms with E-state index < -0.39 is 4.92 Å². The second-order valence-corrected chi connectivity index (χ2v) is 6.41. The van der Waals surface area contributed by atoms with Gasteiger partial charge in [-0.1, -0.05) is 25.1 Å². The van der Waals surface area contributed by atoms with E-state index in [4.69, 9.17) is 0 Å². The van der Waals surface area contributed by atoms with Gasteiger partial charge >= 0.3 is 0 Å². The van der Waals surface area contributed by atoms with Crippen LogP contribution in [0.5, 0.6) is 0 Å². The molecule has 3 rings (SSSR count). The zero-order chi connectivity index (χ0) is 19.9. The Kier molecular flexibility index (Phi) is 6.11. The summed E-state index contributed by atoms with van der Waals surface area (Å²) in [6.45, 7) is 4.65. The second-order valence-electron chi connectivity index (χ2n) is 6.41. The summed E-state index contributed by atoms with van der Waals surface area (Å²) in [4.78, 5) is 23.8. The Morgan fingerprint density at radius 1 is 1.11 bits per heavy atom. The zero-order valence-corrected chi connectivity index (χ0v) is 15.8. The molecule has 0 radical (unpaired) electrons. The molecule has 0 aliphatic heterocycles. The number of non-ortho nitro benzene ring substituents is 1. The van der Waals surface area contributed by atoms with E-state index in [-0.39, 0.29) is 11.7 Å². The quantitative estimate of drug-likeness (QED) is 0.445. The first-order chi connectivity index (χ1) is 13.5. The van der Waals surface area contributed by atoms with Gasteiger partial charge in [0.25, 0.3) is 5.69 Å². The van der Waals surface area contributed by atoms with Gasteiger partial charge < -0.3 is 10.6 Å². The average Bonchev–Trinajstić information content (AvgIpc) is 2.73. The summed E-state index contributed by atoms with van der Waals surface area (Å²) >= 11 is 0. The van der Waals surface area contributed by atoms with E-state index in [1.165, 1.54) is 12.1 Å². The van der Waals surface area contributed by atoms with Gasteiger partial charge in [-0.25, -0.2) is 4.98 Å². The van der Waals surface area contributed by atoms with Gasteiger partial charge in [-0.15, -0.1) is 0 Å². The number of nitrogens with one attached hydrogen (secondary N) is 2. The molecule has 2 heterocycles. The first kappa shape index (κ1) is 19.2. The maximum Gasteiger partial charge on any atom is 0.269 e. The minimum atomic E-state index is -0.409. The molecule has 0 fully saturated rings. The van der Waals surface area contributed by atoms with E-state index in [9.17, 15) is 10.1 Å². The van der Waals surface area contributed by atoms with Crippen LogP contribution < -0.4 is 10.6 Å². The van der Waals surface area contributed by atoms with Crippen LogP contribution in [0, 0.1) is 10.1 Å². The van der Waals surface area contributed by atoms with Gasteiger partial charge in [0, 0.05) is 37.0 Å². The van der Waals surface area contributed by atoms with Crippen molar-refractivity contribution in [3.63, 3.8) is 0 Å². The molecule has 0 unspecified atom stereocenters. The van der Waals surface area contributed by atoms with Crippen LogP contribution in [0.2, 0.25) is 0 Å². The minimum Gasteiger partial charge on any atom is -0.366 e. The van der Waals surface area contributed by atoms with Crippen LogP contribution in [0.15, 0.2) is 54.7 Å². The molecule has 8 nitrogen and oxygen atoms in total. The Balaban J connectivity index is 1.82. The van der Waals surface area contributed by atoms with Crippen molar-refractivity contribution in [1.29, 1.82) is 0 Å². The Morgan fingerprint density at radius 2 is 1.89 bits per heavy atom. The van der Waals surface area contributed by atoms with E-state index in [2.05, 4.69) is 39.4 Å². The van der Waals surface area contributed by atoms with E-state index in [1.807, 2.05) is 24.3 Å². The maximum atomic E-state index is 10.8. The largest absolute Gasteiger partial charge is 0.366 e. The summed E-state index contributed by atoms with van der Waals surface area (Å²) in [6.07, 6.45) is 2.67. The number of nitro groups is 1. The van der Waals surface area contributed by atoms with Crippen molar-refractivity contribution in [2.24, 2.45) is 0 Å². The highest BCUT2D eigenvalue weighted by Gasteiger charge is 2.10. The predicted octanol–water partition coefficient (Wildman–Crippen LogP) is 4.27. The Bertz CT molecular complexity index is 931. The van der Waals surface area contributed by atoms with Crippen molar-refractivity contribution in [1.82, 2.24) is 15.0 Å². The number of nitrogens with zero attached hydrogens (tertiary/aromatic N) is 4. The van der Waals surface area contributed by atoms with Crippen LogP contribution in [-0.2, 0) is 6.54 Å². The molecule has 1 atom stereocenters. The molecule has 8 heteroatoms. The molecule has 0 amide bonds. The Morgan fingerprint density at radius 3 is 2.54 bits per heavy atom. The molecule has 0 saturated heterocycles. The van der Waals surface area contributed by atoms with Crippen LogP contribution >= 0.6 is 0 Å². The SMILES string of the molecule is CC[C@H](C)Nc1nc(NCc2ccc([N+](=O)[O-])cc2)cc(-c2ccccn2)n1. The van der Waals surface area contributed by atoms with Crippen molar-refractivity contribution in [3.8, 4) is 11.4 Å². The number of rotatable bonds is 8. The summed E-state index contributed by atoms with van der Waals surface area (Å²) in [5.41, 5.74) is 2.46. The molecule has 144 valence electrons. The standard InChI is InChI=1S/C20H22N6O2/c1-3-14(2)23-20-24-18(17-6-4-5-11-21-17)12-19(25-20)22-13-15-7-9-16(10-8-15)26(27)28/h4-12,14H,3,13H2,1-2H3,(H2,22,23,24,25)/t14-/m0/s1. The van der Waals surface area contributed by atoms with Crippen molar-refractivity contribution < 1.29 is 4.92 Å². The van der Waals surface area contributed by atoms with E-state index in [0.29, 0.717) is 24.0 Å². The molecule has 0 bridgehead atoms. The highest BCUT2D eigenvalue weighted by atomic mass is 16.6. The number of aromatic nitrogens is 3. The van der Waals surface area contributed by atoms with Gasteiger partial charge in [0.15, 0.2) is 0 Å². The summed E-state index contributed by atoms with van der Waals surface area (Å²) in [5, 5.41) is 17.3. The van der Waals surface area contributed by atoms with Crippen LogP contribution in [0.25, 0.3) is 11.4 Å². The lowest BCUT2D eigenvalue weighted by atomic mass is 10.2. The lowest BCUT2D eigenvalue weighted by Crippen LogP contribution is -2.16. The van der Waals surface area contributed by atoms with Crippen LogP contribution in [-0.4, -0.2) is 25.9 Å². The monoisotopic (exact) mass is 378 g/mol. The number of benzene rings is 1. The lowest BCUT2D eigenvalue weighted by Gasteiger charge is -2.14. The van der Waals surface area contributed by atoms with Crippen LogP contribution in [0.1, 0.15) is 25.8 Å². The van der Waals surface area contributed by atoms with Crippen molar-refractivity contribution >= 4 is 17.5 Å². The fourth-order valence-corrected chi connectivity index (χ4v) is 2.50. The van der Waals surface area contributed by atoms with Gasteiger partial charge in [-0.2, -0.15) is 4.98 Å². The van der Waals surface area contributed by atoms with E-state index in [1.54, 1.807) is 18.3 Å². The Hall–Kier alpha value is -3.55. The maximum absolute atomic E-state index is 10.8. The molecule has 0 aliphatic rings. The highest BCUT2D eigenvalue weighted by molar-refractivity contribution is 5.61. The first-order valence-electron chi connectivity index (χ1n) is 9.09. The van der Waals surface area contributed by atoms with Crippen molar-refractivity contribution in [2.75, 3.05) is 10.6 Å². The molecular formula is C20H22N6O2. The smallest absolute Gasteiger partial charge is 0.269 e. The fraction of sp³-hybridized carbons (Fsp3) is 0.250. The second kappa shape index (κ2) is 8.90. The molecular weight excluding hydrogens is 356 g/mol. The normalized spacial score (nSPS) is 11.6. The molecule has 0 spiro atoms. The third kappa shape index (κ3) is 5.00. The number of anilines is 2. The molecule has 1 aromatic carbocycles. The number of nitro benzene ring substituents is 1. The summed E-state index contributed by atoms with van der Waals surface area (Å²) < 4.78 is 0.